The minimum absolute atomic E-state index is 0.0404. The molecule has 0 saturated carbocycles. The van der Waals surface area contributed by atoms with E-state index in [0.717, 1.165) is 6.07 Å². The van der Waals surface area contributed by atoms with Gasteiger partial charge in [0.2, 0.25) is 5.95 Å². The molecule has 6 nitrogen and oxygen atoms in total. The lowest BCUT2D eigenvalue weighted by atomic mass is 10.2. The van der Waals surface area contributed by atoms with Gasteiger partial charge in [0.25, 0.3) is 5.91 Å². The Balaban J connectivity index is 2.11. The van der Waals surface area contributed by atoms with Gasteiger partial charge in [-0.1, -0.05) is 12.1 Å². The molecule has 108 valence electrons. The monoisotopic (exact) mass is 289 g/mol. The number of hydrogen-bond acceptors (Lipinski definition) is 4. The van der Waals surface area contributed by atoms with Crippen molar-refractivity contribution >= 4 is 23.4 Å². The molecule has 2 amide bonds. The van der Waals surface area contributed by atoms with E-state index in [1.54, 1.807) is 18.2 Å². The van der Waals surface area contributed by atoms with Crippen LogP contribution in [0.3, 0.4) is 0 Å². The van der Waals surface area contributed by atoms with Crippen molar-refractivity contribution in [3.8, 4) is 0 Å². The first-order chi connectivity index (χ1) is 10.1. The van der Waals surface area contributed by atoms with Gasteiger partial charge >= 0.3 is 6.09 Å². The number of pyridine rings is 1. The molecule has 2 N–H and O–H groups in total. The smallest absolute Gasteiger partial charge is 0.411 e. The second kappa shape index (κ2) is 6.47. The van der Waals surface area contributed by atoms with Crippen LogP contribution in [0, 0.1) is 5.95 Å². The normalized spacial score (nSPS) is 9.81. The minimum Gasteiger partial charge on any atom is -0.453 e. The summed E-state index contributed by atoms with van der Waals surface area (Å²) in [4.78, 5) is 26.5. The third kappa shape index (κ3) is 4.00. The highest BCUT2D eigenvalue weighted by molar-refractivity contribution is 6.03. The zero-order valence-electron chi connectivity index (χ0n) is 11.1. The Kier molecular flexibility index (Phi) is 4.45. The van der Waals surface area contributed by atoms with Gasteiger partial charge in [0.05, 0.1) is 7.11 Å². The van der Waals surface area contributed by atoms with Crippen molar-refractivity contribution in [3.05, 3.63) is 54.1 Å². The SMILES string of the molecule is COC(=O)Nc1cccc(NC(=O)c2cccc(F)n2)c1. The highest BCUT2D eigenvalue weighted by Crippen LogP contribution is 2.16. The van der Waals surface area contributed by atoms with Crippen molar-refractivity contribution in [2.75, 3.05) is 17.7 Å². The van der Waals surface area contributed by atoms with Crippen LogP contribution in [0.5, 0.6) is 0 Å². The van der Waals surface area contributed by atoms with Gasteiger partial charge in [0, 0.05) is 11.4 Å². The molecule has 0 radical (unpaired) electrons. The zero-order chi connectivity index (χ0) is 15.2. The number of rotatable bonds is 3. The van der Waals surface area contributed by atoms with Crippen LogP contribution in [-0.2, 0) is 4.74 Å². The molecule has 0 aliphatic heterocycles. The molecule has 0 unspecified atom stereocenters. The summed E-state index contributed by atoms with van der Waals surface area (Å²) in [6.45, 7) is 0. The lowest BCUT2D eigenvalue weighted by Crippen LogP contribution is -2.15. The Morgan fingerprint density at radius 2 is 1.76 bits per heavy atom. The molecule has 0 spiro atoms. The van der Waals surface area contributed by atoms with Crippen molar-refractivity contribution in [1.82, 2.24) is 4.98 Å². The summed E-state index contributed by atoms with van der Waals surface area (Å²) in [6, 6.07) is 10.4. The molecule has 21 heavy (non-hydrogen) atoms. The van der Waals surface area contributed by atoms with Crippen molar-refractivity contribution in [2.45, 2.75) is 0 Å². The summed E-state index contributed by atoms with van der Waals surface area (Å²) in [5, 5.41) is 5.02. The number of nitrogens with one attached hydrogen (secondary N) is 2. The van der Waals surface area contributed by atoms with Crippen LogP contribution < -0.4 is 10.6 Å². The van der Waals surface area contributed by atoms with Gasteiger partial charge in [0.15, 0.2) is 0 Å². The largest absolute Gasteiger partial charge is 0.453 e. The highest BCUT2D eigenvalue weighted by atomic mass is 19.1. The van der Waals surface area contributed by atoms with Crippen molar-refractivity contribution in [1.29, 1.82) is 0 Å². The molecule has 0 aliphatic carbocycles. The average Bonchev–Trinajstić information content (AvgIpc) is 2.47. The summed E-state index contributed by atoms with van der Waals surface area (Å²) in [5.41, 5.74) is 0.841. The summed E-state index contributed by atoms with van der Waals surface area (Å²) in [7, 11) is 1.25. The predicted octanol–water partition coefficient (Wildman–Crippen LogP) is 2.65. The van der Waals surface area contributed by atoms with Gasteiger partial charge in [-0.25, -0.2) is 9.78 Å². The molecular formula is C14H12FN3O3. The van der Waals surface area contributed by atoms with Crippen LogP contribution >= 0.6 is 0 Å². The fourth-order valence-electron chi connectivity index (χ4n) is 1.57. The number of carbonyl (C=O) groups is 2. The molecule has 2 rings (SSSR count). The van der Waals surface area contributed by atoms with Crippen molar-refractivity contribution in [3.63, 3.8) is 0 Å². The van der Waals surface area contributed by atoms with E-state index < -0.39 is 17.9 Å². The fraction of sp³-hybridized carbons (Fsp3) is 0.0714. The Hall–Kier alpha value is -2.96. The molecule has 0 fully saturated rings. The number of amides is 2. The Morgan fingerprint density at radius 3 is 2.43 bits per heavy atom. The fourth-order valence-corrected chi connectivity index (χ4v) is 1.57. The maximum absolute atomic E-state index is 13.0. The quantitative estimate of drug-likeness (QED) is 0.851. The third-order valence-corrected chi connectivity index (χ3v) is 2.50. The van der Waals surface area contributed by atoms with Crippen molar-refractivity contribution in [2.24, 2.45) is 0 Å². The van der Waals surface area contributed by atoms with E-state index in [0.29, 0.717) is 11.4 Å². The van der Waals surface area contributed by atoms with E-state index in [4.69, 9.17) is 0 Å². The van der Waals surface area contributed by atoms with Crippen LogP contribution in [0.2, 0.25) is 0 Å². The van der Waals surface area contributed by atoms with E-state index in [-0.39, 0.29) is 5.69 Å². The van der Waals surface area contributed by atoms with E-state index in [9.17, 15) is 14.0 Å². The summed E-state index contributed by atoms with van der Waals surface area (Å²) in [6.07, 6.45) is -0.620. The lowest BCUT2D eigenvalue weighted by molar-refractivity contribution is 0.102. The van der Waals surface area contributed by atoms with E-state index >= 15 is 0 Å². The zero-order valence-corrected chi connectivity index (χ0v) is 11.1. The first kappa shape index (κ1) is 14.4. The van der Waals surface area contributed by atoms with E-state index in [2.05, 4.69) is 20.4 Å². The topological polar surface area (TPSA) is 80.3 Å². The first-order valence-corrected chi connectivity index (χ1v) is 5.97. The summed E-state index contributed by atoms with van der Waals surface area (Å²) in [5.74, 6) is -1.28. The number of ether oxygens (including phenoxy) is 1. The molecule has 0 bridgehead atoms. The molecule has 2 aromatic rings. The maximum atomic E-state index is 13.0. The second-order valence-electron chi connectivity index (χ2n) is 4.00. The number of hydrogen-bond donors (Lipinski definition) is 2. The number of benzene rings is 1. The van der Waals surface area contributed by atoms with Crippen LogP contribution in [0.15, 0.2) is 42.5 Å². The number of anilines is 2. The number of methoxy groups -OCH3 is 1. The summed E-state index contributed by atoms with van der Waals surface area (Å²) < 4.78 is 17.4. The van der Waals surface area contributed by atoms with Gasteiger partial charge in [-0.05, 0) is 30.3 Å². The Bertz CT molecular complexity index is 676. The van der Waals surface area contributed by atoms with Crippen LogP contribution in [0.1, 0.15) is 10.5 Å². The number of halogens is 1. The van der Waals surface area contributed by atoms with Gasteiger partial charge in [-0.15, -0.1) is 0 Å². The van der Waals surface area contributed by atoms with Gasteiger partial charge in [-0.2, -0.15) is 4.39 Å². The average molecular weight is 289 g/mol. The number of carbonyl (C=O) groups excluding carboxylic acids is 2. The van der Waals surface area contributed by atoms with Gasteiger partial charge < -0.3 is 10.1 Å². The molecule has 0 aliphatic rings. The second-order valence-corrected chi connectivity index (χ2v) is 4.00. The first-order valence-electron chi connectivity index (χ1n) is 5.97. The predicted molar refractivity (Wildman–Crippen MR) is 74.6 cm³/mol. The van der Waals surface area contributed by atoms with Crippen LogP contribution in [-0.4, -0.2) is 24.1 Å². The molecule has 1 aromatic heterocycles. The molecule has 0 saturated heterocycles. The molecule has 7 heteroatoms. The van der Waals surface area contributed by atoms with Crippen LogP contribution in [0.25, 0.3) is 0 Å². The Morgan fingerprint density at radius 1 is 1.10 bits per heavy atom. The molecular weight excluding hydrogens is 277 g/mol. The van der Waals surface area contributed by atoms with Crippen LogP contribution in [0.4, 0.5) is 20.6 Å². The lowest BCUT2D eigenvalue weighted by Gasteiger charge is -2.08. The summed E-state index contributed by atoms with van der Waals surface area (Å²) >= 11 is 0. The van der Waals surface area contributed by atoms with Gasteiger partial charge in [0.1, 0.15) is 5.69 Å². The third-order valence-electron chi connectivity index (χ3n) is 2.50. The molecule has 1 aromatic carbocycles. The standard InChI is InChI=1S/C14H12FN3O3/c1-21-14(20)17-10-5-2-4-9(8-10)16-13(19)11-6-3-7-12(15)18-11/h2-8H,1H3,(H,16,19)(H,17,20). The van der Waals surface area contributed by atoms with Gasteiger partial charge in [-0.3, -0.25) is 10.1 Å². The minimum atomic E-state index is -0.733. The highest BCUT2D eigenvalue weighted by Gasteiger charge is 2.09. The van der Waals surface area contributed by atoms with Crippen molar-refractivity contribution < 1.29 is 18.7 Å². The molecule has 0 atom stereocenters. The number of nitrogens with zero attached hydrogens (tertiary/aromatic N) is 1. The Labute approximate surface area is 120 Å². The molecule has 1 heterocycles. The van der Waals surface area contributed by atoms with E-state index in [1.807, 2.05) is 0 Å². The maximum Gasteiger partial charge on any atom is 0.411 e. The number of aromatic nitrogens is 1. The van der Waals surface area contributed by atoms with E-state index in [1.165, 1.54) is 25.3 Å².